The molecule has 17 heavy (non-hydrogen) atoms. The lowest BCUT2D eigenvalue weighted by molar-refractivity contribution is 0.602. The van der Waals surface area contributed by atoms with Gasteiger partial charge in [0, 0.05) is 34.7 Å². The summed E-state index contributed by atoms with van der Waals surface area (Å²) in [6.45, 7) is 3.36. The molecular formula is C13H20N2S2. The zero-order valence-corrected chi connectivity index (χ0v) is 12.5. The maximum absolute atomic E-state index is 3.30. The lowest BCUT2D eigenvalue weighted by Crippen LogP contribution is -2.44. The van der Waals surface area contributed by atoms with Gasteiger partial charge in [0.15, 0.2) is 0 Å². The molecular weight excluding hydrogens is 248 g/mol. The molecule has 2 atom stereocenters. The highest BCUT2D eigenvalue weighted by Gasteiger charge is 2.29. The third kappa shape index (κ3) is 2.59. The van der Waals surface area contributed by atoms with Gasteiger partial charge in [0.05, 0.1) is 5.69 Å². The second-order valence-corrected chi connectivity index (χ2v) is 6.56. The van der Waals surface area contributed by atoms with Crippen molar-refractivity contribution in [1.29, 1.82) is 0 Å². The van der Waals surface area contributed by atoms with Crippen molar-refractivity contribution in [2.75, 3.05) is 31.8 Å². The number of rotatable bonds is 3. The number of fused-ring (bicyclic) bond motifs is 1. The Hall–Kier alpha value is -0.320. The summed E-state index contributed by atoms with van der Waals surface area (Å²) in [7, 11) is 4.23. The highest BCUT2D eigenvalue weighted by molar-refractivity contribution is 8.00. The first-order chi connectivity index (χ1) is 8.17. The van der Waals surface area contributed by atoms with Crippen LogP contribution in [-0.2, 0) is 0 Å². The summed E-state index contributed by atoms with van der Waals surface area (Å²) in [6, 6.07) is 7.35. The monoisotopic (exact) mass is 268 g/mol. The Balaban J connectivity index is 2.31. The minimum Gasteiger partial charge on any atom is -0.370 e. The molecule has 0 spiro atoms. The third-order valence-electron chi connectivity index (χ3n) is 3.38. The molecule has 1 aliphatic rings. The standard InChI is InChI=1S/C13H20N2S2/c1-9-13(8-14-2)17-12-7-10(16-4)5-6-11(12)15(9)3/h5-7,9,13-14H,8H2,1-4H3. The topological polar surface area (TPSA) is 15.3 Å². The summed E-state index contributed by atoms with van der Waals surface area (Å²) in [4.78, 5) is 5.16. The van der Waals surface area contributed by atoms with E-state index in [1.54, 1.807) is 0 Å². The maximum Gasteiger partial charge on any atom is 0.0505 e. The average molecular weight is 268 g/mol. The first kappa shape index (κ1) is 13.1. The lowest BCUT2D eigenvalue weighted by Gasteiger charge is -2.39. The van der Waals surface area contributed by atoms with Gasteiger partial charge in [-0.15, -0.1) is 23.5 Å². The van der Waals surface area contributed by atoms with Crippen LogP contribution in [0.4, 0.5) is 5.69 Å². The Bertz CT molecular complexity index is 395. The molecule has 1 aromatic rings. The molecule has 1 N–H and O–H groups in total. The van der Waals surface area contributed by atoms with Crippen LogP contribution in [0.3, 0.4) is 0 Å². The summed E-state index contributed by atoms with van der Waals surface area (Å²) < 4.78 is 0. The van der Waals surface area contributed by atoms with E-state index in [2.05, 4.69) is 48.6 Å². The van der Waals surface area contributed by atoms with Gasteiger partial charge in [-0.2, -0.15) is 0 Å². The van der Waals surface area contributed by atoms with E-state index < -0.39 is 0 Å². The molecule has 0 aliphatic carbocycles. The second kappa shape index (κ2) is 5.55. The molecule has 0 amide bonds. The molecule has 0 bridgehead atoms. The van der Waals surface area contributed by atoms with E-state index in [1.165, 1.54) is 15.5 Å². The molecule has 2 rings (SSSR count). The second-order valence-electron chi connectivity index (χ2n) is 4.40. The molecule has 0 saturated carbocycles. The minimum atomic E-state index is 0.570. The molecule has 0 radical (unpaired) electrons. The predicted molar refractivity (Wildman–Crippen MR) is 79.7 cm³/mol. The largest absolute Gasteiger partial charge is 0.370 e. The van der Waals surface area contributed by atoms with Gasteiger partial charge in [-0.1, -0.05) is 0 Å². The molecule has 0 aromatic heterocycles. The van der Waals surface area contributed by atoms with Crippen molar-refractivity contribution in [2.45, 2.75) is 28.0 Å². The highest BCUT2D eigenvalue weighted by atomic mass is 32.2. The highest BCUT2D eigenvalue weighted by Crippen LogP contribution is 2.42. The van der Waals surface area contributed by atoms with Crippen LogP contribution in [0.5, 0.6) is 0 Å². The van der Waals surface area contributed by atoms with Gasteiger partial charge in [-0.25, -0.2) is 0 Å². The van der Waals surface area contributed by atoms with Crippen molar-refractivity contribution in [2.24, 2.45) is 0 Å². The van der Waals surface area contributed by atoms with Gasteiger partial charge in [-0.05, 0) is 38.4 Å². The van der Waals surface area contributed by atoms with Gasteiger partial charge in [0.1, 0.15) is 0 Å². The van der Waals surface area contributed by atoms with Crippen LogP contribution in [0.1, 0.15) is 6.92 Å². The number of nitrogens with one attached hydrogen (secondary N) is 1. The smallest absolute Gasteiger partial charge is 0.0505 e. The molecule has 0 saturated heterocycles. The Labute approximate surface area is 113 Å². The van der Waals surface area contributed by atoms with Crippen molar-refractivity contribution in [3.63, 3.8) is 0 Å². The van der Waals surface area contributed by atoms with Crippen LogP contribution in [0.25, 0.3) is 0 Å². The van der Waals surface area contributed by atoms with Gasteiger partial charge in [0.2, 0.25) is 0 Å². The summed E-state index contributed by atoms with van der Waals surface area (Å²) in [5.41, 5.74) is 1.37. The van der Waals surface area contributed by atoms with Gasteiger partial charge >= 0.3 is 0 Å². The quantitative estimate of drug-likeness (QED) is 0.848. The van der Waals surface area contributed by atoms with Gasteiger partial charge < -0.3 is 10.2 Å². The molecule has 2 unspecified atom stereocenters. The van der Waals surface area contributed by atoms with Crippen LogP contribution in [0.2, 0.25) is 0 Å². The van der Waals surface area contributed by atoms with E-state index in [4.69, 9.17) is 0 Å². The number of thioether (sulfide) groups is 2. The van der Waals surface area contributed by atoms with E-state index >= 15 is 0 Å². The van der Waals surface area contributed by atoms with Crippen molar-refractivity contribution >= 4 is 29.2 Å². The molecule has 1 heterocycles. The number of hydrogen-bond donors (Lipinski definition) is 1. The first-order valence-electron chi connectivity index (χ1n) is 5.89. The van der Waals surface area contributed by atoms with E-state index in [9.17, 15) is 0 Å². The van der Waals surface area contributed by atoms with E-state index in [0.717, 1.165) is 6.54 Å². The van der Waals surface area contributed by atoms with Crippen LogP contribution in [-0.4, -0.2) is 38.2 Å². The Morgan fingerprint density at radius 3 is 2.88 bits per heavy atom. The van der Waals surface area contributed by atoms with E-state index in [0.29, 0.717) is 11.3 Å². The number of anilines is 1. The molecule has 1 aromatic carbocycles. The van der Waals surface area contributed by atoms with Crippen molar-refractivity contribution in [3.8, 4) is 0 Å². The minimum absolute atomic E-state index is 0.570. The number of nitrogens with zero attached hydrogens (tertiary/aromatic N) is 1. The van der Waals surface area contributed by atoms with E-state index in [-0.39, 0.29) is 0 Å². The zero-order valence-electron chi connectivity index (χ0n) is 10.9. The Kier molecular flexibility index (Phi) is 4.28. The zero-order chi connectivity index (χ0) is 12.4. The van der Waals surface area contributed by atoms with Gasteiger partial charge in [-0.3, -0.25) is 0 Å². The van der Waals surface area contributed by atoms with Gasteiger partial charge in [0.25, 0.3) is 0 Å². The number of hydrogen-bond acceptors (Lipinski definition) is 4. The van der Waals surface area contributed by atoms with Crippen LogP contribution >= 0.6 is 23.5 Å². The fourth-order valence-electron chi connectivity index (χ4n) is 2.15. The number of benzene rings is 1. The Morgan fingerprint density at radius 2 is 2.24 bits per heavy atom. The van der Waals surface area contributed by atoms with Crippen LogP contribution in [0, 0.1) is 0 Å². The molecule has 0 fully saturated rings. The fraction of sp³-hybridized carbons (Fsp3) is 0.538. The molecule has 2 nitrogen and oxygen atoms in total. The first-order valence-corrected chi connectivity index (χ1v) is 8.00. The third-order valence-corrected chi connectivity index (χ3v) is 5.55. The van der Waals surface area contributed by atoms with Crippen molar-refractivity contribution in [1.82, 2.24) is 5.32 Å². The van der Waals surface area contributed by atoms with Crippen LogP contribution in [0.15, 0.2) is 28.0 Å². The maximum atomic E-state index is 3.30. The average Bonchev–Trinajstić information content (AvgIpc) is 2.35. The van der Waals surface area contributed by atoms with Crippen molar-refractivity contribution in [3.05, 3.63) is 18.2 Å². The normalized spacial score (nSPS) is 23.6. The SMILES string of the molecule is CNCC1Sc2cc(SC)ccc2N(C)C1C. The molecule has 94 valence electrons. The fourth-order valence-corrected chi connectivity index (χ4v) is 4.15. The lowest BCUT2D eigenvalue weighted by atomic mass is 10.1. The Morgan fingerprint density at radius 1 is 1.47 bits per heavy atom. The predicted octanol–water partition coefficient (Wildman–Crippen LogP) is 2.93. The summed E-state index contributed by atoms with van der Waals surface area (Å²) in [5.74, 6) is 0. The summed E-state index contributed by atoms with van der Waals surface area (Å²) in [5, 5.41) is 3.92. The summed E-state index contributed by atoms with van der Waals surface area (Å²) in [6.07, 6.45) is 2.13. The summed E-state index contributed by atoms with van der Waals surface area (Å²) >= 11 is 3.82. The van der Waals surface area contributed by atoms with Crippen LogP contribution < -0.4 is 10.2 Å². The van der Waals surface area contributed by atoms with Crippen molar-refractivity contribution < 1.29 is 0 Å². The molecule has 1 aliphatic heterocycles. The molecule has 4 heteroatoms. The van der Waals surface area contributed by atoms with E-state index in [1.807, 2.05) is 30.6 Å².